The summed E-state index contributed by atoms with van der Waals surface area (Å²) < 4.78 is 40.1. The molecule has 0 aliphatic rings. The normalized spacial score (nSPS) is 11.7. The van der Waals surface area contributed by atoms with Gasteiger partial charge in [0, 0.05) is 6.21 Å². The first-order chi connectivity index (χ1) is 13.9. The number of thiophene rings is 1. The molecule has 0 bridgehead atoms. The maximum Gasteiger partial charge on any atom is 0.291 e. The summed E-state index contributed by atoms with van der Waals surface area (Å²) in [6.07, 6.45) is 1.33. The molecule has 29 heavy (non-hydrogen) atoms. The third kappa shape index (κ3) is 5.46. The molecule has 1 heterocycles. The number of benzene rings is 2. The Hall–Kier alpha value is -2.64. The predicted molar refractivity (Wildman–Crippen MR) is 117 cm³/mol. The van der Waals surface area contributed by atoms with Crippen molar-refractivity contribution in [1.82, 2.24) is 0 Å². The maximum absolute atomic E-state index is 12.2. The topological polar surface area (TPSA) is 65.0 Å². The highest BCUT2D eigenvalue weighted by atomic mass is 32.2. The van der Waals surface area contributed by atoms with Crippen LogP contribution in [0.4, 0.5) is 0 Å². The minimum atomic E-state index is -3.69. The second-order valence-corrected chi connectivity index (χ2v) is 9.31. The van der Waals surface area contributed by atoms with Gasteiger partial charge in [-0.2, -0.15) is 12.8 Å². The lowest BCUT2D eigenvalue weighted by Crippen LogP contribution is -2.02. The van der Waals surface area contributed by atoms with Crippen LogP contribution < -0.4 is 9.47 Å². The number of sulfonamides is 1. The van der Waals surface area contributed by atoms with Crippen LogP contribution in [-0.4, -0.2) is 21.2 Å². The van der Waals surface area contributed by atoms with E-state index >= 15 is 0 Å². The number of hydrogen-bond acceptors (Lipinski definition) is 5. The summed E-state index contributed by atoms with van der Waals surface area (Å²) in [6.45, 7) is 6.88. The van der Waals surface area contributed by atoms with Gasteiger partial charge in [0.25, 0.3) is 10.0 Å². The zero-order valence-corrected chi connectivity index (χ0v) is 18.2. The van der Waals surface area contributed by atoms with Crippen molar-refractivity contribution in [2.75, 3.05) is 6.61 Å². The summed E-state index contributed by atoms with van der Waals surface area (Å²) in [4.78, 5) is 0. The van der Waals surface area contributed by atoms with Crippen molar-refractivity contribution in [3.63, 3.8) is 0 Å². The SMILES string of the molecule is CCOc1cc(/C=N\S(=O)(=O)c2cccs2)ccc1OCc1cc(C)ccc1C. The van der Waals surface area contributed by atoms with Gasteiger partial charge in [-0.25, -0.2) is 0 Å². The number of nitrogens with zero attached hydrogens (tertiary/aromatic N) is 1. The number of aryl methyl sites for hydroxylation is 2. The monoisotopic (exact) mass is 429 g/mol. The van der Waals surface area contributed by atoms with Gasteiger partial charge in [-0.1, -0.05) is 29.8 Å². The standard InChI is InChI=1S/C22H23NO4S2/c1-4-26-21-13-18(14-23-29(24,25)22-6-5-11-28-22)9-10-20(21)27-15-19-12-16(2)7-8-17(19)3/h5-14H,4,15H2,1-3H3/b23-14-. The predicted octanol–water partition coefficient (Wildman–Crippen LogP) is 5.15. The average molecular weight is 430 g/mol. The fourth-order valence-corrected chi connectivity index (χ4v) is 4.54. The molecule has 2 aromatic carbocycles. The molecule has 0 N–H and O–H groups in total. The van der Waals surface area contributed by atoms with Crippen molar-refractivity contribution >= 4 is 27.6 Å². The van der Waals surface area contributed by atoms with Gasteiger partial charge in [-0.3, -0.25) is 0 Å². The lowest BCUT2D eigenvalue weighted by molar-refractivity contribution is 0.269. The fourth-order valence-electron chi connectivity index (χ4n) is 2.70. The van der Waals surface area contributed by atoms with Crippen molar-refractivity contribution in [3.05, 3.63) is 76.2 Å². The molecule has 3 rings (SSSR count). The van der Waals surface area contributed by atoms with Crippen LogP contribution in [0.3, 0.4) is 0 Å². The van der Waals surface area contributed by atoms with Crippen molar-refractivity contribution in [1.29, 1.82) is 0 Å². The molecule has 1 aromatic heterocycles. The molecule has 7 heteroatoms. The number of ether oxygens (including phenoxy) is 2. The van der Waals surface area contributed by atoms with Gasteiger partial charge in [0.15, 0.2) is 11.5 Å². The van der Waals surface area contributed by atoms with Gasteiger partial charge in [0.1, 0.15) is 10.8 Å². The number of rotatable bonds is 8. The Bertz CT molecular complexity index is 1100. The molecule has 0 amide bonds. The van der Waals surface area contributed by atoms with Crippen LogP contribution in [0.1, 0.15) is 29.2 Å². The van der Waals surface area contributed by atoms with Crippen LogP contribution in [0.2, 0.25) is 0 Å². The maximum atomic E-state index is 12.2. The van der Waals surface area contributed by atoms with Crippen molar-refractivity contribution in [2.24, 2.45) is 4.40 Å². The summed E-state index contributed by atoms with van der Waals surface area (Å²) in [7, 11) is -3.69. The van der Waals surface area contributed by atoms with E-state index in [1.165, 1.54) is 17.8 Å². The van der Waals surface area contributed by atoms with Crippen molar-refractivity contribution in [3.8, 4) is 11.5 Å². The molecule has 5 nitrogen and oxygen atoms in total. The van der Waals surface area contributed by atoms with E-state index in [1.807, 2.05) is 13.8 Å². The first-order valence-corrected chi connectivity index (χ1v) is 11.5. The summed E-state index contributed by atoms with van der Waals surface area (Å²) in [5.74, 6) is 1.15. The highest BCUT2D eigenvalue weighted by Gasteiger charge is 2.13. The van der Waals surface area contributed by atoms with E-state index in [0.29, 0.717) is 30.3 Å². The van der Waals surface area contributed by atoms with E-state index in [4.69, 9.17) is 9.47 Å². The Balaban J connectivity index is 1.79. The average Bonchev–Trinajstić information content (AvgIpc) is 3.24. The van der Waals surface area contributed by atoms with Crippen LogP contribution in [-0.2, 0) is 16.6 Å². The molecule has 0 saturated heterocycles. The first-order valence-electron chi connectivity index (χ1n) is 9.18. The molecular formula is C22H23NO4S2. The van der Waals surface area contributed by atoms with Crippen LogP contribution in [0.15, 0.2) is 62.5 Å². The summed E-state index contributed by atoms with van der Waals surface area (Å²) in [5, 5.41) is 1.71. The Kier molecular flexibility index (Phi) is 6.71. The van der Waals surface area contributed by atoms with E-state index < -0.39 is 10.0 Å². The van der Waals surface area contributed by atoms with Crippen molar-refractivity contribution < 1.29 is 17.9 Å². The van der Waals surface area contributed by atoms with Crippen LogP contribution >= 0.6 is 11.3 Å². The Morgan fingerprint density at radius 1 is 1.03 bits per heavy atom. The highest BCUT2D eigenvalue weighted by Crippen LogP contribution is 2.29. The van der Waals surface area contributed by atoms with E-state index in [-0.39, 0.29) is 4.21 Å². The second kappa shape index (κ2) is 9.24. The lowest BCUT2D eigenvalue weighted by Gasteiger charge is -2.14. The molecule has 0 saturated carbocycles. The van der Waals surface area contributed by atoms with Gasteiger partial charge in [-0.05, 0) is 67.1 Å². The van der Waals surface area contributed by atoms with Crippen LogP contribution in [0, 0.1) is 13.8 Å². The van der Waals surface area contributed by atoms with E-state index in [0.717, 1.165) is 22.5 Å². The van der Waals surface area contributed by atoms with Gasteiger partial charge in [0.2, 0.25) is 0 Å². The largest absolute Gasteiger partial charge is 0.490 e. The summed E-state index contributed by atoms with van der Waals surface area (Å²) >= 11 is 1.14. The van der Waals surface area contributed by atoms with Gasteiger partial charge >= 0.3 is 0 Å². The third-order valence-electron chi connectivity index (χ3n) is 4.25. The molecule has 0 radical (unpaired) electrons. The Morgan fingerprint density at radius 2 is 1.86 bits per heavy atom. The lowest BCUT2D eigenvalue weighted by atomic mass is 10.1. The molecule has 0 fully saturated rings. The van der Waals surface area contributed by atoms with E-state index in [2.05, 4.69) is 29.5 Å². The van der Waals surface area contributed by atoms with E-state index in [1.54, 1.807) is 29.6 Å². The minimum Gasteiger partial charge on any atom is -0.490 e. The smallest absolute Gasteiger partial charge is 0.291 e. The molecular weight excluding hydrogens is 406 g/mol. The minimum absolute atomic E-state index is 0.215. The number of hydrogen-bond donors (Lipinski definition) is 0. The molecule has 0 aliphatic heterocycles. The van der Waals surface area contributed by atoms with Gasteiger partial charge in [0.05, 0.1) is 6.61 Å². The molecule has 0 unspecified atom stereocenters. The van der Waals surface area contributed by atoms with Crippen LogP contribution in [0.25, 0.3) is 0 Å². The molecule has 0 spiro atoms. The quantitative estimate of drug-likeness (QED) is 0.465. The zero-order valence-electron chi connectivity index (χ0n) is 16.6. The Morgan fingerprint density at radius 3 is 2.59 bits per heavy atom. The van der Waals surface area contributed by atoms with Crippen molar-refractivity contribution in [2.45, 2.75) is 31.6 Å². The van der Waals surface area contributed by atoms with Crippen LogP contribution in [0.5, 0.6) is 11.5 Å². The summed E-state index contributed by atoms with van der Waals surface area (Å²) in [5.41, 5.74) is 4.07. The molecule has 0 aliphatic carbocycles. The third-order valence-corrected chi connectivity index (χ3v) is 6.85. The molecule has 152 valence electrons. The first kappa shape index (κ1) is 21.1. The van der Waals surface area contributed by atoms with Gasteiger partial charge < -0.3 is 9.47 Å². The zero-order chi connectivity index (χ0) is 20.9. The Labute approximate surface area is 175 Å². The van der Waals surface area contributed by atoms with E-state index in [9.17, 15) is 8.42 Å². The molecule has 0 atom stereocenters. The summed E-state index contributed by atoms with van der Waals surface area (Å²) in [6, 6.07) is 14.7. The second-order valence-electron chi connectivity index (χ2n) is 6.50. The molecule has 3 aromatic rings. The fraction of sp³-hybridized carbons (Fsp3) is 0.227. The van der Waals surface area contributed by atoms with Gasteiger partial charge in [-0.15, -0.1) is 11.3 Å². The highest BCUT2D eigenvalue weighted by molar-refractivity contribution is 7.92.